The van der Waals surface area contributed by atoms with Crippen LogP contribution in [0.4, 0.5) is 0 Å². The number of nitrogens with two attached hydrogens (primary N) is 2. The van der Waals surface area contributed by atoms with Crippen molar-refractivity contribution in [2.75, 3.05) is 0 Å². The van der Waals surface area contributed by atoms with Crippen molar-refractivity contribution in [1.29, 1.82) is 0 Å². The Morgan fingerprint density at radius 1 is 0.675 bits per heavy atom. The SMILES string of the molecule is NC(=O)CC(N)C(=O)NC(CC(=O)O)C(=O)NC(Cc1ccccc1)C(=O)NC(Cc1ccc(O)cc1)C(=O)O. The number of phenols is 1. The Bertz CT molecular complexity index is 1220. The number of carbonyl (C=O) groups is 6. The fourth-order valence-electron chi connectivity index (χ4n) is 3.64. The zero-order valence-corrected chi connectivity index (χ0v) is 21.3. The minimum atomic E-state index is -1.68. The lowest BCUT2D eigenvalue weighted by atomic mass is 10.0. The van der Waals surface area contributed by atoms with Gasteiger partial charge in [-0.1, -0.05) is 42.5 Å². The minimum Gasteiger partial charge on any atom is -0.508 e. The Morgan fingerprint density at radius 3 is 1.73 bits per heavy atom. The molecule has 0 aliphatic rings. The van der Waals surface area contributed by atoms with E-state index in [-0.39, 0.29) is 18.6 Å². The molecule has 0 aliphatic heterocycles. The van der Waals surface area contributed by atoms with Gasteiger partial charge in [-0.15, -0.1) is 0 Å². The molecule has 0 radical (unpaired) electrons. The number of benzene rings is 2. The van der Waals surface area contributed by atoms with Gasteiger partial charge in [0.1, 0.15) is 23.9 Å². The van der Waals surface area contributed by atoms with Crippen LogP contribution in [0.25, 0.3) is 0 Å². The van der Waals surface area contributed by atoms with Crippen LogP contribution in [0.2, 0.25) is 0 Å². The van der Waals surface area contributed by atoms with Gasteiger partial charge in [0.15, 0.2) is 0 Å². The van der Waals surface area contributed by atoms with E-state index in [1.165, 1.54) is 24.3 Å². The van der Waals surface area contributed by atoms with Gasteiger partial charge in [-0.25, -0.2) is 4.79 Å². The fourth-order valence-corrected chi connectivity index (χ4v) is 3.64. The van der Waals surface area contributed by atoms with E-state index in [1.807, 2.05) is 0 Å². The molecular formula is C26H31N5O9. The van der Waals surface area contributed by atoms with Crippen molar-refractivity contribution in [1.82, 2.24) is 16.0 Å². The second-order valence-electron chi connectivity index (χ2n) is 8.96. The average molecular weight is 558 g/mol. The summed E-state index contributed by atoms with van der Waals surface area (Å²) in [4.78, 5) is 73.0. The summed E-state index contributed by atoms with van der Waals surface area (Å²) in [6, 6.07) is 8.22. The van der Waals surface area contributed by atoms with E-state index in [0.29, 0.717) is 11.1 Å². The standard InChI is InChI=1S/C26H31N5O9/c27-17(12-21(28)33)23(36)29-19(13-22(34)35)25(38)30-18(10-14-4-2-1-3-5-14)24(37)31-20(26(39)40)11-15-6-8-16(32)9-7-15/h1-9,17-20,32H,10-13,27H2,(H2,28,33)(H,29,36)(H,30,38)(H,31,37)(H,34,35)(H,39,40). The largest absolute Gasteiger partial charge is 0.508 e. The molecule has 40 heavy (non-hydrogen) atoms. The number of phenolic OH excluding ortho intramolecular Hbond substituents is 1. The zero-order chi connectivity index (χ0) is 29.8. The van der Waals surface area contributed by atoms with Crippen LogP contribution in [0.3, 0.4) is 0 Å². The quantitative estimate of drug-likeness (QED) is 0.124. The molecule has 0 saturated heterocycles. The van der Waals surface area contributed by atoms with E-state index >= 15 is 0 Å². The number of primary amides is 1. The number of rotatable bonds is 15. The van der Waals surface area contributed by atoms with Crippen molar-refractivity contribution in [3.8, 4) is 5.75 Å². The molecule has 0 aromatic heterocycles. The number of carbonyl (C=O) groups excluding carboxylic acids is 4. The van der Waals surface area contributed by atoms with Crippen molar-refractivity contribution in [2.24, 2.45) is 11.5 Å². The molecule has 0 bridgehead atoms. The molecule has 14 nitrogen and oxygen atoms in total. The summed E-state index contributed by atoms with van der Waals surface area (Å²) in [7, 11) is 0. The number of hydrogen-bond donors (Lipinski definition) is 8. The number of hydrogen-bond acceptors (Lipinski definition) is 8. The lowest BCUT2D eigenvalue weighted by Crippen LogP contribution is -2.58. The molecular weight excluding hydrogens is 526 g/mol. The predicted octanol–water partition coefficient (Wildman–Crippen LogP) is -1.61. The van der Waals surface area contributed by atoms with Gasteiger partial charge in [-0.3, -0.25) is 24.0 Å². The Balaban J connectivity index is 2.26. The third kappa shape index (κ3) is 10.4. The van der Waals surface area contributed by atoms with E-state index in [9.17, 15) is 44.1 Å². The second kappa shape index (κ2) is 14.8. The molecule has 2 rings (SSSR count). The first kappa shape index (κ1) is 31.2. The number of nitrogens with one attached hydrogen (secondary N) is 3. The summed E-state index contributed by atoms with van der Waals surface area (Å²) in [6.45, 7) is 0. The number of carboxylic acid groups (broad SMARTS) is 2. The predicted molar refractivity (Wildman–Crippen MR) is 139 cm³/mol. The van der Waals surface area contributed by atoms with E-state index in [2.05, 4.69) is 16.0 Å². The Kier molecular flexibility index (Phi) is 11.6. The molecule has 214 valence electrons. The maximum Gasteiger partial charge on any atom is 0.326 e. The maximum absolute atomic E-state index is 13.2. The normalized spacial score (nSPS) is 13.6. The van der Waals surface area contributed by atoms with Crippen molar-refractivity contribution in [3.05, 3.63) is 65.7 Å². The Hall–Kier alpha value is -4.98. The van der Waals surface area contributed by atoms with E-state index in [4.69, 9.17) is 11.5 Å². The summed E-state index contributed by atoms with van der Waals surface area (Å²) in [5, 5.41) is 35.3. The summed E-state index contributed by atoms with van der Waals surface area (Å²) in [5.41, 5.74) is 11.7. The van der Waals surface area contributed by atoms with Gasteiger partial charge in [0.2, 0.25) is 23.6 Å². The van der Waals surface area contributed by atoms with Crippen LogP contribution in [-0.4, -0.2) is 75.1 Å². The molecule has 10 N–H and O–H groups in total. The highest BCUT2D eigenvalue weighted by Gasteiger charge is 2.32. The van der Waals surface area contributed by atoms with Crippen molar-refractivity contribution >= 4 is 35.6 Å². The fraction of sp³-hybridized carbons (Fsp3) is 0.308. The van der Waals surface area contributed by atoms with Gasteiger partial charge in [0.05, 0.1) is 18.9 Å². The third-order valence-corrected chi connectivity index (χ3v) is 5.68. The topological polar surface area (TPSA) is 251 Å². The van der Waals surface area contributed by atoms with E-state index in [1.54, 1.807) is 30.3 Å². The summed E-state index contributed by atoms with van der Waals surface area (Å²) in [5.74, 6) is -6.66. The minimum absolute atomic E-state index is 0.0242. The van der Waals surface area contributed by atoms with Gasteiger partial charge in [0, 0.05) is 12.8 Å². The molecule has 0 saturated carbocycles. The van der Waals surface area contributed by atoms with Crippen LogP contribution in [-0.2, 0) is 41.6 Å². The van der Waals surface area contributed by atoms with Crippen molar-refractivity contribution in [2.45, 2.75) is 49.9 Å². The Labute approximate surface area is 228 Å². The molecule has 4 atom stereocenters. The molecule has 0 spiro atoms. The summed E-state index contributed by atoms with van der Waals surface area (Å²) in [6.07, 6.45) is -1.66. The van der Waals surface area contributed by atoms with Crippen LogP contribution >= 0.6 is 0 Å². The van der Waals surface area contributed by atoms with E-state index < -0.39 is 72.6 Å². The number of aromatic hydroxyl groups is 1. The first-order valence-corrected chi connectivity index (χ1v) is 12.1. The number of amides is 4. The molecule has 2 aromatic carbocycles. The van der Waals surface area contributed by atoms with Crippen LogP contribution in [0.5, 0.6) is 5.75 Å². The van der Waals surface area contributed by atoms with Crippen LogP contribution < -0.4 is 27.4 Å². The first-order chi connectivity index (χ1) is 18.8. The van der Waals surface area contributed by atoms with Crippen molar-refractivity contribution in [3.63, 3.8) is 0 Å². The lowest BCUT2D eigenvalue weighted by molar-refractivity contribution is -0.143. The number of aliphatic carboxylic acids is 2. The van der Waals surface area contributed by atoms with Gasteiger partial charge in [-0.05, 0) is 23.3 Å². The number of carboxylic acids is 2. The van der Waals surface area contributed by atoms with Gasteiger partial charge in [-0.2, -0.15) is 0 Å². The maximum atomic E-state index is 13.2. The summed E-state index contributed by atoms with van der Waals surface area (Å²) < 4.78 is 0. The first-order valence-electron chi connectivity index (χ1n) is 12.1. The third-order valence-electron chi connectivity index (χ3n) is 5.68. The summed E-state index contributed by atoms with van der Waals surface area (Å²) >= 11 is 0. The molecule has 4 amide bonds. The molecule has 0 heterocycles. The van der Waals surface area contributed by atoms with E-state index in [0.717, 1.165) is 0 Å². The smallest absolute Gasteiger partial charge is 0.326 e. The second-order valence-corrected chi connectivity index (χ2v) is 8.96. The van der Waals surface area contributed by atoms with Crippen LogP contribution in [0.15, 0.2) is 54.6 Å². The highest BCUT2D eigenvalue weighted by atomic mass is 16.4. The average Bonchev–Trinajstić information content (AvgIpc) is 2.88. The van der Waals surface area contributed by atoms with Gasteiger partial charge < -0.3 is 42.7 Å². The van der Waals surface area contributed by atoms with Crippen LogP contribution in [0, 0.1) is 0 Å². The van der Waals surface area contributed by atoms with Gasteiger partial charge >= 0.3 is 11.9 Å². The Morgan fingerprint density at radius 2 is 1.18 bits per heavy atom. The van der Waals surface area contributed by atoms with Crippen molar-refractivity contribution < 1.29 is 44.1 Å². The monoisotopic (exact) mass is 557 g/mol. The highest BCUT2D eigenvalue weighted by Crippen LogP contribution is 2.12. The zero-order valence-electron chi connectivity index (χ0n) is 21.3. The van der Waals surface area contributed by atoms with Gasteiger partial charge in [0.25, 0.3) is 0 Å². The molecule has 4 unspecified atom stereocenters. The highest BCUT2D eigenvalue weighted by molar-refractivity contribution is 5.96. The molecule has 0 fully saturated rings. The molecule has 0 aliphatic carbocycles. The van der Waals surface area contributed by atoms with Crippen LogP contribution in [0.1, 0.15) is 24.0 Å². The molecule has 14 heteroatoms. The lowest BCUT2D eigenvalue weighted by Gasteiger charge is -2.25. The molecule has 2 aromatic rings.